The first kappa shape index (κ1) is 12.0. The van der Waals surface area contributed by atoms with Gasteiger partial charge in [-0.25, -0.2) is 4.79 Å². The highest BCUT2D eigenvalue weighted by atomic mass is 16.7. The average Bonchev–Trinajstić information content (AvgIpc) is 2.27. The minimum atomic E-state index is -0.546. The van der Waals surface area contributed by atoms with E-state index in [4.69, 9.17) is 9.47 Å². The first-order valence-electron chi connectivity index (χ1n) is 5.09. The molecule has 15 heavy (non-hydrogen) atoms. The number of hydrogen-bond acceptors (Lipinski definition) is 4. The average molecular weight is 212 g/mol. The quantitative estimate of drug-likeness (QED) is 0.390. The highest BCUT2D eigenvalue weighted by Gasteiger charge is 2.15. The van der Waals surface area contributed by atoms with Gasteiger partial charge in [-0.1, -0.05) is 5.92 Å². The van der Waals surface area contributed by atoms with Crippen LogP contribution in [0.25, 0.3) is 0 Å². The van der Waals surface area contributed by atoms with Gasteiger partial charge in [0, 0.05) is 12.5 Å². The van der Waals surface area contributed by atoms with Crippen molar-refractivity contribution in [3.05, 3.63) is 0 Å². The standard InChI is InChI=1S/C11H16O4/c1-9(6-7-10(12)13-2)15-11-5-3-4-8-14-11/h9,11H,3-5,8H2,1-2H3/t9-,11?/m0/s1. The summed E-state index contributed by atoms with van der Waals surface area (Å²) in [7, 11) is 1.30. The van der Waals surface area contributed by atoms with Crippen LogP contribution in [0.15, 0.2) is 0 Å². The Bertz CT molecular complexity index is 257. The highest BCUT2D eigenvalue weighted by Crippen LogP contribution is 2.14. The minimum Gasteiger partial charge on any atom is -0.459 e. The molecule has 4 nitrogen and oxygen atoms in total. The molecule has 1 aliphatic rings. The van der Waals surface area contributed by atoms with E-state index in [1.807, 2.05) is 0 Å². The Morgan fingerprint density at radius 1 is 1.53 bits per heavy atom. The number of methoxy groups -OCH3 is 1. The number of hydrogen-bond donors (Lipinski definition) is 0. The van der Waals surface area contributed by atoms with E-state index < -0.39 is 5.97 Å². The van der Waals surface area contributed by atoms with Gasteiger partial charge in [-0.2, -0.15) is 0 Å². The van der Waals surface area contributed by atoms with Crippen molar-refractivity contribution in [1.82, 2.24) is 0 Å². The summed E-state index contributed by atoms with van der Waals surface area (Å²) in [5.74, 6) is 4.44. The summed E-state index contributed by atoms with van der Waals surface area (Å²) in [6.07, 6.45) is 2.60. The molecule has 0 radical (unpaired) electrons. The van der Waals surface area contributed by atoms with Crippen LogP contribution in [0, 0.1) is 11.8 Å². The molecule has 1 fully saturated rings. The first-order valence-corrected chi connectivity index (χ1v) is 5.09. The lowest BCUT2D eigenvalue weighted by molar-refractivity contribution is -0.173. The third-order valence-electron chi connectivity index (χ3n) is 2.06. The van der Waals surface area contributed by atoms with E-state index >= 15 is 0 Å². The van der Waals surface area contributed by atoms with Crippen LogP contribution in [-0.2, 0) is 19.0 Å². The van der Waals surface area contributed by atoms with Crippen molar-refractivity contribution in [3.8, 4) is 11.8 Å². The molecule has 2 atom stereocenters. The van der Waals surface area contributed by atoms with Crippen molar-refractivity contribution in [1.29, 1.82) is 0 Å². The van der Waals surface area contributed by atoms with Crippen molar-refractivity contribution in [2.24, 2.45) is 0 Å². The summed E-state index contributed by atoms with van der Waals surface area (Å²) in [6, 6.07) is 0. The fraction of sp³-hybridized carbons (Fsp3) is 0.727. The smallest absolute Gasteiger partial charge is 0.384 e. The number of rotatable bonds is 2. The van der Waals surface area contributed by atoms with Gasteiger partial charge in [0.25, 0.3) is 0 Å². The Morgan fingerprint density at radius 3 is 2.93 bits per heavy atom. The third kappa shape index (κ3) is 4.82. The normalized spacial score (nSPS) is 22.4. The molecule has 1 aliphatic heterocycles. The third-order valence-corrected chi connectivity index (χ3v) is 2.06. The van der Waals surface area contributed by atoms with Gasteiger partial charge in [0.05, 0.1) is 7.11 Å². The van der Waals surface area contributed by atoms with E-state index in [1.54, 1.807) is 6.92 Å². The van der Waals surface area contributed by atoms with Crippen LogP contribution in [0.1, 0.15) is 26.2 Å². The zero-order chi connectivity index (χ0) is 11.1. The van der Waals surface area contributed by atoms with Crippen LogP contribution in [0.5, 0.6) is 0 Å². The summed E-state index contributed by atoms with van der Waals surface area (Å²) < 4.78 is 15.2. The number of carbonyl (C=O) groups excluding carboxylic acids is 1. The lowest BCUT2D eigenvalue weighted by Crippen LogP contribution is -2.25. The summed E-state index contributed by atoms with van der Waals surface area (Å²) >= 11 is 0. The monoisotopic (exact) mass is 212 g/mol. The molecule has 1 heterocycles. The molecular weight excluding hydrogens is 196 g/mol. The Hall–Kier alpha value is -1.05. The molecule has 0 bridgehead atoms. The second-order valence-electron chi connectivity index (χ2n) is 3.34. The van der Waals surface area contributed by atoms with Gasteiger partial charge in [0.2, 0.25) is 0 Å². The van der Waals surface area contributed by atoms with Gasteiger partial charge >= 0.3 is 5.97 Å². The molecule has 1 rings (SSSR count). The lowest BCUT2D eigenvalue weighted by Gasteiger charge is -2.23. The van der Waals surface area contributed by atoms with Gasteiger partial charge in [0.15, 0.2) is 6.29 Å². The maximum absolute atomic E-state index is 10.7. The van der Waals surface area contributed by atoms with Gasteiger partial charge < -0.3 is 14.2 Å². The molecule has 0 aromatic heterocycles. The Kier molecular flexibility index (Phi) is 5.16. The summed E-state index contributed by atoms with van der Waals surface area (Å²) in [6.45, 7) is 2.52. The molecule has 0 aromatic rings. The van der Waals surface area contributed by atoms with Crippen LogP contribution in [0.2, 0.25) is 0 Å². The van der Waals surface area contributed by atoms with E-state index in [-0.39, 0.29) is 12.4 Å². The van der Waals surface area contributed by atoms with Crippen molar-refractivity contribution < 1.29 is 19.0 Å². The summed E-state index contributed by atoms with van der Waals surface area (Å²) in [4.78, 5) is 10.7. The molecular formula is C11H16O4. The molecule has 1 unspecified atom stereocenters. The van der Waals surface area contributed by atoms with Crippen LogP contribution >= 0.6 is 0 Å². The molecule has 0 aromatic carbocycles. The fourth-order valence-electron chi connectivity index (χ4n) is 1.29. The molecule has 4 heteroatoms. The van der Waals surface area contributed by atoms with Crippen molar-refractivity contribution in [2.75, 3.05) is 13.7 Å². The predicted molar refractivity (Wildman–Crippen MR) is 53.9 cm³/mol. The zero-order valence-corrected chi connectivity index (χ0v) is 9.12. The lowest BCUT2D eigenvalue weighted by atomic mass is 10.2. The van der Waals surface area contributed by atoms with E-state index in [9.17, 15) is 4.79 Å². The molecule has 84 valence electrons. The SMILES string of the molecule is COC(=O)C#C[C@H](C)OC1CCCCO1. The van der Waals surface area contributed by atoms with E-state index in [0.717, 1.165) is 25.9 Å². The Labute approximate surface area is 89.9 Å². The summed E-state index contributed by atoms with van der Waals surface area (Å²) in [5, 5.41) is 0. The molecule has 0 spiro atoms. The van der Waals surface area contributed by atoms with E-state index in [0.29, 0.717) is 0 Å². The van der Waals surface area contributed by atoms with Crippen molar-refractivity contribution in [3.63, 3.8) is 0 Å². The maximum atomic E-state index is 10.7. The number of esters is 1. The van der Waals surface area contributed by atoms with Crippen LogP contribution in [0.3, 0.4) is 0 Å². The van der Waals surface area contributed by atoms with Gasteiger partial charge in [-0.05, 0) is 26.2 Å². The first-order chi connectivity index (χ1) is 7.22. The maximum Gasteiger partial charge on any atom is 0.384 e. The van der Waals surface area contributed by atoms with Crippen molar-refractivity contribution in [2.45, 2.75) is 38.6 Å². The van der Waals surface area contributed by atoms with Crippen molar-refractivity contribution >= 4 is 5.97 Å². The molecule has 0 saturated carbocycles. The van der Waals surface area contributed by atoms with Crippen LogP contribution in [-0.4, -0.2) is 32.1 Å². The topological polar surface area (TPSA) is 44.8 Å². The largest absolute Gasteiger partial charge is 0.459 e. The van der Waals surface area contributed by atoms with Crippen LogP contribution < -0.4 is 0 Å². The minimum absolute atomic E-state index is 0.180. The Balaban J connectivity index is 2.29. The second kappa shape index (κ2) is 6.44. The van der Waals surface area contributed by atoms with Gasteiger partial charge in [-0.3, -0.25) is 0 Å². The number of carbonyl (C=O) groups is 1. The molecule has 0 aliphatic carbocycles. The highest BCUT2D eigenvalue weighted by molar-refractivity contribution is 5.88. The predicted octanol–water partition coefficient (Wildman–Crippen LogP) is 1.09. The zero-order valence-electron chi connectivity index (χ0n) is 9.12. The van der Waals surface area contributed by atoms with Crippen LogP contribution in [0.4, 0.5) is 0 Å². The molecule has 1 saturated heterocycles. The fourth-order valence-corrected chi connectivity index (χ4v) is 1.29. The van der Waals surface area contributed by atoms with E-state index in [2.05, 4.69) is 16.6 Å². The van der Waals surface area contributed by atoms with E-state index in [1.165, 1.54) is 7.11 Å². The van der Waals surface area contributed by atoms with Gasteiger partial charge in [-0.15, -0.1) is 0 Å². The number of ether oxygens (including phenoxy) is 3. The Morgan fingerprint density at radius 2 is 2.33 bits per heavy atom. The van der Waals surface area contributed by atoms with Gasteiger partial charge in [0.1, 0.15) is 6.10 Å². The molecule has 0 N–H and O–H groups in total. The summed E-state index contributed by atoms with van der Waals surface area (Å²) in [5.41, 5.74) is 0. The molecule has 0 amide bonds. The second-order valence-corrected chi connectivity index (χ2v) is 3.34.